The van der Waals surface area contributed by atoms with Crippen LogP contribution in [0, 0.1) is 5.82 Å². The Morgan fingerprint density at radius 3 is 2.82 bits per heavy atom. The van der Waals surface area contributed by atoms with Gasteiger partial charge in [0.25, 0.3) is 5.56 Å². The number of thioether (sulfide) groups is 1. The van der Waals surface area contributed by atoms with Gasteiger partial charge in [-0.25, -0.2) is 14.2 Å². The number of hydrogen-bond acceptors (Lipinski definition) is 6. The number of methoxy groups -OCH3 is 1. The van der Waals surface area contributed by atoms with Crippen molar-refractivity contribution in [2.75, 3.05) is 18.7 Å². The van der Waals surface area contributed by atoms with Crippen molar-refractivity contribution in [3.8, 4) is 11.1 Å². The van der Waals surface area contributed by atoms with Gasteiger partial charge >= 0.3 is 5.97 Å². The van der Waals surface area contributed by atoms with Crippen LogP contribution in [0.25, 0.3) is 22.0 Å². The molecule has 0 fully saturated rings. The van der Waals surface area contributed by atoms with E-state index in [1.54, 1.807) is 43.3 Å². The largest absolute Gasteiger partial charge is 0.465 e. The fraction of sp³-hybridized carbons (Fsp3) is 0.174. The van der Waals surface area contributed by atoms with Gasteiger partial charge in [0.1, 0.15) is 5.52 Å². The van der Waals surface area contributed by atoms with E-state index in [1.165, 1.54) is 17.9 Å². The molecule has 0 spiro atoms. The third-order valence-corrected chi connectivity index (χ3v) is 6.00. The lowest BCUT2D eigenvalue weighted by molar-refractivity contribution is 0.0600. The van der Waals surface area contributed by atoms with Gasteiger partial charge in [-0.15, -0.1) is 0 Å². The van der Waals surface area contributed by atoms with Gasteiger partial charge in [0.15, 0.2) is 11.6 Å². The quantitative estimate of drug-likeness (QED) is 0.368. The molecule has 3 aromatic heterocycles. The molecule has 0 aliphatic heterocycles. The molecule has 0 saturated carbocycles. The summed E-state index contributed by atoms with van der Waals surface area (Å²) in [5.74, 6) is -0.656. The van der Waals surface area contributed by atoms with Crippen LogP contribution in [-0.2, 0) is 17.5 Å². The number of esters is 1. The summed E-state index contributed by atoms with van der Waals surface area (Å²) in [5.41, 5.74) is 3.19. The smallest absolute Gasteiger partial charge is 0.338 e. The van der Waals surface area contributed by atoms with Crippen molar-refractivity contribution >= 4 is 51.7 Å². The van der Waals surface area contributed by atoms with Crippen LogP contribution in [0.2, 0.25) is 5.02 Å². The normalized spacial score (nSPS) is 11.1. The number of halogens is 2. The number of aromatic nitrogens is 3. The molecule has 0 saturated heterocycles. The van der Waals surface area contributed by atoms with Gasteiger partial charge in [0.05, 0.1) is 17.7 Å². The molecule has 4 rings (SSSR count). The maximum absolute atomic E-state index is 14.6. The van der Waals surface area contributed by atoms with Crippen molar-refractivity contribution in [3.63, 3.8) is 0 Å². The second-order valence-electron chi connectivity index (χ2n) is 7.31. The molecule has 3 heterocycles. The summed E-state index contributed by atoms with van der Waals surface area (Å²) in [6.07, 6.45) is 6.66. The standard InChI is InChI=1S/C23H20ClFN4O3S/c1-29-10-17(14-4-5-26-20(14)22(29)30)16-6-12(11-33-3)15(23(31)32-2)8-19(16)28-21-18(25)7-13(24)9-27-21/h4-10,26H,11H2,1-3H3,(H,27,28). The number of fused-ring (bicyclic) bond motifs is 1. The molecule has 0 aliphatic carbocycles. The van der Waals surface area contributed by atoms with Gasteiger partial charge in [-0.2, -0.15) is 11.8 Å². The van der Waals surface area contributed by atoms with Gasteiger partial charge in [-0.05, 0) is 36.1 Å². The number of pyridine rings is 2. The first-order valence-electron chi connectivity index (χ1n) is 9.83. The molecule has 4 aromatic rings. The molecule has 33 heavy (non-hydrogen) atoms. The van der Waals surface area contributed by atoms with Gasteiger partial charge < -0.3 is 19.6 Å². The van der Waals surface area contributed by atoms with E-state index in [9.17, 15) is 14.0 Å². The number of anilines is 2. The molecule has 1 aromatic carbocycles. The molecule has 0 amide bonds. The van der Waals surface area contributed by atoms with E-state index >= 15 is 0 Å². The SMILES string of the molecule is COC(=O)c1cc(Nc2ncc(Cl)cc2F)c(-c2cn(C)c(=O)c3[nH]ccc23)cc1CSC. The van der Waals surface area contributed by atoms with Crippen LogP contribution in [0.15, 0.2) is 47.7 Å². The average molecular weight is 487 g/mol. The molecule has 0 radical (unpaired) electrons. The van der Waals surface area contributed by atoms with Gasteiger partial charge in [-0.3, -0.25) is 4.79 Å². The van der Waals surface area contributed by atoms with Crippen LogP contribution in [0.4, 0.5) is 15.9 Å². The summed E-state index contributed by atoms with van der Waals surface area (Å²) < 4.78 is 21.0. The number of benzene rings is 1. The van der Waals surface area contributed by atoms with Crippen molar-refractivity contribution < 1.29 is 13.9 Å². The Labute approximate surface area is 197 Å². The van der Waals surface area contributed by atoms with E-state index in [4.69, 9.17) is 16.3 Å². The number of aromatic amines is 1. The predicted molar refractivity (Wildman–Crippen MR) is 130 cm³/mol. The Morgan fingerprint density at radius 1 is 1.33 bits per heavy atom. The lowest BCUT2D eigenvalue weighted by Gasteiger charge is -2.18. The summed E-state index contributed by atoms with van der Waals surface area (Å²) in [4.78, 5) is 32.1. The highest BCUT2D eigenvalue weighted by molar-refractivity contribution is 7.97. The summed E-state index contributed by atoms with van der Waals surface area (Å²) >= 11 is 7.39. The Kier molecular flexibility index (Phi) is 6.44. The van der Waals surface area contributed by atoms with E-state index < -0.39 is 11.8 Å². The molecule has 0 aliphatic rings. The van der Waals surface area contributed by atoms with E-state index in [1.807, 2.05) is 12.3 Å². The van der Waals surface area contributed by atoms with E-state index in [0.29, 0.717) is 33.5 Å². The Hall–Kier alpha value is -3.30. The number of carbonyl (C=O) groups is 1. The lowest BCUT2D eigenvalue weighted by atomic mass is 9.96. The van der Waals surface area contributed by atoms with Crippen molar-refractivity contribution in [1.82, 2.24) is 14.5 Å². The van der Waals surface area contributed by atoms with Crippen LogP contribution in [0.1, 0.15) is 15.9 Å². The van der Waals surface area contributed by atoms with Crippen LogP contribution in [0.3, 0.4) is 0 Å². The molecular weight excluding hydrogens is 467 g/mol. The number of rotatable bonds is 6. The van der Waals surface area contributed by atoms with Crippen molar-refractivity contribution in [3.05, 3.63) is 75.2 Å². The minimum absolute atomic E-state index is 0.0517. The number of aryl methyl sites for hydroxylation is 1. The molecule has 0 atom stereocenters. The third kappa shape index (κ3) is 4.34. The Bertz CT molecular complexity index is 1430. The van der Waals surface area contributed by atoms with Crippen LogP contribution in [0.5, 0.6) is 0 Å². The molecule has 7 nitrogen and oxygen atoms in total. The average Bonchev–Trinajstić information content (AvgIpc) is 3.29. The fourth-order valence-electron chi connectivity index (χ4n) is 3.66. The molecule has 2 N–H and O–H groups in total. The summed E-state index contributed by atoms with van der Waals surface area (Å²) in [6, 6.07) is 6.42. The Morgan fingerprint density at radius 2 is 2.12 bits per heavy atom. The number of nitrogens with one attached hydrogen (secondary N) is 2. The van der Waals surface area contributed by atoms with E-state index in [2.05, 4.69) is 15.3 Å². The van der Waals surface area contributed by atoms with Gasteiger partial charge in [0, 0.05) is 53.6 Å². The maximum Gasteiger partial charge on any atom is 0.338 e. The molecule has 170 valence electrons. The number of ether oxygens (including phenoxy) is 1. The molecule has 0 unspecified atom stereocenters. The number of nitrogens with zero attached hydrogens (tertiary/aromatic N) is 2. The third-order valence-electron chi connectivity index (χ3n) is 5.19. The number of H-pyrrole nitrogens is 1. The Balaban J connectivity index is 2.01. The van der Waals surface area contributed by atoms with E-state index in [-0.39, 0.29) is 16.4 Å². The number of carbonyl (C=O) groups excluding carboxylic acids is 1. The minimum Gasteiger partial charge on any atom is -0.465 e. The van der Waals surface area contributed by atoms with Crippen LogP contribution >= 0.6 is 23.4 Å². The summed E-state index contributed by atoms with van der Waals surface area (Å²) in [7, 11) is 2.97. The van der Waals surface area contributed by atoms with Crippen LogP contribution in [-0.4, -0.2) is 33.9 Å². The van der Waals surface area contributed by atoms with E-state index in [0.717, 1.165) is 17.2 Å². The fourth-order valence-corrected chi connectivity index (χ4v) is 4.36. The lowest BCUT2D eigenvalue weighted by Crippen LogP contribution is -2.17. The topological polar surface area (TPSA) is 89.0 Å². The first-order valence-corrected chi connectivity index (χ1v) is 11.6. The first kappa shape index (κ1) is 22.9. The van der Waals surface area contributed by atoms with Crippen LogP contribution < -0.4 is 10.9 Å². The van der Waals surface area contributed by atoms with Crippen molar-refractivity contribution in [2.45, 2.75) is 5.75 Å². The monoisotopic (exact) mass is 486 g/mol. The summed E-state index contributed by atoms with van der Waals surface area (Å²) in [5, 5.41) is 3.85. The first-order chi connectivity index (χ1) is 15.8. The summed E-state index contributed by atoms with van der Waals surface area (Å²) in [6.45, 7) is 0. The van der Waals surface area contributed by atoms with Crippen molar-refractivity contribution in [2.24, 2.45) is 7.05 Å². The highest BCUT2D eigenvalue weighted by Gasteiger charge is 2.21. The zero-order valence-electron chi connectivity index (χ0n) is 18.0. The van der Waals surface area contributed by atoms with Gasteiger partial charge in [-0.1, -0.05) is 11.6 Å². The predicted octanol–water partition coefficient (Wildman–Crippen LogP) is 5.11. The van der Waals surface area contributed by atoms with Gasteiger partial charge in [0.2, 0.25) is 0 Å². The zero-order chi connectivity index (χ0) is 23.7. The second-order valence-corrected chi connectivity index (χ2v) is 8.62. The molecular formula is C23H20ClFN4O3S. The zero-order valence-corrected chi connectivity index (χ0v) is 19.6. The highest BCUT2D eigenvalue weighted by Crippen LogP contribution is 2.37. The minimum atomic E-state index is -0.645. The second kappa shape index (κ2) is 9.29. The highest BCUT2D eigenvalue weighted by atomic mass is 35.5. The number of hydrogen-bond donors (Lipinski definition) is 2. The molecule has 10 heteroatoms. The maximum atomic E-state index is 14.6. The molecule has 0 bridgehead atoms. The van der Waals surface area contributed by atoms with Crippen molar-refractivity contribution in [1.29, 1.82) is 0 Å².